The molecule has 0 bridgehead atoms. The predicted octanol–water partition coefficient (Wildman–Crippen LogP) is 2.22. The van der Waals surface area contributed by atoms with E-state index >= 15 is 0 Å². The number of hydrogen-bond donors (Lipinski definition) is 2. The molecule has 0 amide bonds. The molecule has 1 aromatic heterocycles. The van der Waals surface area contributed by atoms with Crippen molar-refractivity contribution >= 4 is 11.4 Å². The number of likely N-dealkylation sites (N-methyl/N-ethyl adjacent to an activating group) is 1. The first-order valence-corrected chi connectivity index (χ1v) is 7.21. The van der Waals surface area contributed by atoms with Gasteiger partial charge in [0, 0.05) is 30.7 Å². The van der Waals surface area contributed by atoms with Gasteiger partial charge in [0.15, 0.2) is 0 Å². The predicted molar refractivity (Wildman–Crippen MR) is 85.5 cm³/mol. The lowest BCUT2D eigenvalue weighted by atomic mass is 10.2. The van der Waals surface area contributed by atoms with Gasteiger partial charge in [0.2, 0.25) is 0 Å². The molecule has 0 spiro atoms. The number of nitrogens with one attached hydrogen (secondary N) is 1. The van der Waals surface area contributed by atoms with Crippen LogP contribution in [0.4, 0.5) is 11.4 Å². The van der Waals surface area contributed by atoms with Crippen LogP contribution in [0.1, 0.15) is 18.4 Å². The molecule has 0 fully saturated rings. The Balaban J connectivity index is 1.96. The number of aliphatic hydroxyl groups excluding tert-OH is 1. The van der Waals surface area contributed by atoms with Gasteiger partial charge in [0.1, 0.15) is 5.82 Å². The molecule has 0 saturated heterocycles. The first-order valence-electron chi connectivity index (χ1n) is 7.21. The van der Waals surface area contributed by atoms with Crippen molar-refractivity contribution in [1.29, 1.82) is 0 Å². The highest BCUT2D eigenvalue weighted by atomic mass is 16.3. The van der Waals surface area contributed by atoms with E-state index in [9.17, 15) is 0 Å². The van der Waals surface area contributed by atoms with Crippen molar-refractivity contribution in [3.63, 3.8) is 0 Å². The lowest BCUT2D eigenvalue weighted by Gasteiger charge is -2.22. The summed E-state index contributed by atoms with van der Waals surface area (Å²) in [7, 11) is 0. The second-order valence-electron chi connectivity index (χ2n) is 4.80. The first-order chi connectivity index (χ1) is 10.2. The highest BCUT2D eigenvalue weighted by molar-refractivity contribution is 5.55. The summed E-state index contributed by atoms with van der Waals surface area (Å²) in [4.78, 5) is 10.6. The summed E-state index contributed by atoms with van der Waals surface area (Å²) in [6, 6.07) is 10.1. The van der Waals surface area contributed by atoms with Gasteiger partial charge < -0.3 is 15.3 Å². The molecule has 2 rings (SSSR count). The second kappa shape index (κ2) is 7.59. The van der Waals surface area contributed by atoms with Crippen LogP contribution in [0, 0.1) is 6.92 Å². The van der Waals surface area contributed by atoms with E-state index in [0.717, 1.165) is 29.4 Å². The van der Waals surface area contributed by atoms with E-state index in [0.29, 0.717) is 13.1 Å². The number of anilines is 2. The zero-order valence-electron chi connectivity index (χ0n) is 12.6. The maximum Gasteiger partial charge on any atom is 0.125 e. The van der Waals surface area contributed by atoms with E-state index in [1.54, 1.807) is 6.20 Å². The summed E-state index contributed by atoms with van der Waals surface area (Å²) in [5.74, 6) is 0.784. The molecular weight excluding hydrogens is 264 g/mol. The molecule has 0 aliphatic heterocycles. The fourth-order valence-electron chi connectivity index (χ4n) is 2.18. The van der Waals surface area contributed by atoms with Crippen LogP contribution in [0.15, 0.2) is 36.5 Å². The Kier molecular flexibility index (Phi) is 5.51. The normalized spacial score (nSPS) is 10.4. The van der Waals surface area contributed by atoms with E-state index in [1.807, 2.05) is 25.1 Å². The Morgan fingerprint density at radius 1 is 1.19 bits per heavy atom. The van der Waals surface area contributed by atoms with E-state index in [-0.39, 0.29) is 6.61 Å². The summed E-state index contributed by atoms with van der Waals surface area (Å²) in [6.07, 6.45) is 1.77. The van der Waals surface area contributed by atoms with Crippen molar-refractivity contribution in [2.24, 2.45) is 0 Å². The monoisotopic (exact) mass is 286 g/mol. The van der Waals surface area contributed by atoms with Gasteiger partial charge in [0.05, 0.1) is 18.8 Å². The molecule has 2 aromatic rings. The van der Waals surface area contributed by atoms with Crippen LogP contribution >= 0.6 is 0 Å². The lowest BCUT2D eigenvalue weighted by molar-refractivity contribution is 0.302. The van der Waals surface area contributed by atoms with Crippen LogP contribution in [0.3, 0.4) is 0 Å². The SMILES string of the molecule is CCN(CCO)c1ccc(NCc2ccnc(C)n2)cc1. The number of benzene rings is 1. The molecule has 0 unspecified atom stereocenters. The summed E-state index contributed by atoms with van der Waals surface area (Å²) in [5.41, 5.74) is 3.15. The summed E-state index contributed by atoms with van der Waals surface area (Å²) >= 11 is 0. The third-order valence-electron chi connectivity index (χ3n) is 3.29. The van der Waals surface area contributed by atoms with Crippen LogP contribution < -0.4 is 10.2 Å². The van der Waals surface area contributed by atoms with Crippen LogP contribution in [0.25, 0.3) is 0 Å². The second-order valence-corrected chi connectivity index (χ2v) is 4.80. The third kappa shape index (κ3) is 4.43. The minimum atomic E-state index is 0.168. The fourth-order valence-corrected chi connectivity index (χ4v) is 2.18. The Labute approximate surface area is 125 Å². The van der Waals surface area contributed by atoms with Gasteiger partial charge in [-0.25, -0.2) is 9.97 Å². The maximum absolute atomic E-state index is 9.05. The molecule has 0 radical (unpaired) electrons. The Morgan fingerprint density at radius 3 is 2.57 bits per heavy atom. The molecule has 0 aliphatic rings. The Hall–Kier alpha value is -2.14. The zero-order valence-corrected chi connectivity index (χ0v) is 12.6. The third-order valence-corrected chi connectivity index (χ3v) is 3.29. The molecule has 112 valence electrons. The molecular formula is C16H22N4O. The van der Waals surface area contributed by atoms with Gasteiger partial charge >= 0.3 is 0 Å². The van der Waals surface area contributed by atoms with Crippen molar-refractivity contribution < 1.29 is 5.11 Å². The van der Waals surface area contributed by atoms with Crippen LogP contribution in [-0.2, 0) is 6.54 Å². The van der Waals surface area contributed by atoms with Gasteiger partial charge in [-0.1, -0.05) is 0 Å². The molecule has 0 aliphatic carbocycles. The van der Waals surface area contributed by atoms with E-state index in [4.69, 9.17) is 5.11 Å². The fraction of sp³-hybridized carbons (Fsp3) is 0.375. The summed E-state index contributed by atoms with van der Waals surface area (Å²) < 4.78 is 0. The van der Waals surface area contributed by atoms with Crippen LogP contribution in [-0.4, -0.2) is 34.8 Å². The first kappa shape index (κ1) is 15.3. The smallest absolute Gasteiger partial charge is 0.125 e. The quantitative estimate of drug-likeness (QED) is 0.817. The summed E-state index contributed by atoms with van der Waals surface area (Å²) in [5, 5.41) is 12.4. The Morgan fingerprint density at radius 2 is 1.95 bits per heavy atom. The number of aliphatic hydroxyl groups is 1. The molecule has 0 saturated carbocycles. The summed E-state index contributed by atoms with van der Waals surface area (Å²) in [6.45, 7) is 6.35. The van der Waals surface area contributed by atoms with Crippen molar-refractivity contribution in [3.05, 3.63) is 48.0 Å². The molecule has 0 atom stereocenters. The largest absolute Gasteiger partial charge is 0.395 e. The number of aryl methyl sites for hydroxylation is 1. The van der Waals surface area contributed by atoms with Crippen molar-refractivity contribution in [2.45, 2.75) is 20.4 Å². The van der Waals surface area contributed by atoms with Crippen LogP contribution in [0.5, 0.6) is 0 Å². The number of nitrogens with zero attached hydrogens (tertiary/aromatic N) is 3. The highest BCUT2D eigenvalue weighted by Gasteiger charge is 2.03. The molecule has 1 aromatic carbocycles. The molecule has 2 N–H and O–H groups in total. The van der Waals surface area contributed by atoms with Crippen molar-refractivity contribution in [3.8, 4) is 0 Å². The van der Waals surface area contributed by atoms with Crippen molar-refractivity contribution in [2.75, 3.05) is 29.9 Å². The van der Waals surface area contributed by atoms with Gasteiger partial charge in [-0.3, -0.25) is 0 Å². The molecule has 5 nitrogen and oxygen atoms in total. The average molecular weight is 286 g/mol. The molecule has 21 heavy (non-hydrogen) atoms. The Bertz CT molecular complexity index is 556. The van der Waals surface area contributed by atoms with E-state index < -0.39 is 0 Å². The number of aromatic nitrogens is 2. The van der Waals surface area contributed by atoms with E-state index in [2.05, 4.69) is 39.2 Å². The minimum absolute atomic E-state index is 0.168. The molecule has 1 heterocycles. The van der Waals surface area contributed by atoms with Crippen LogP contribution in [0.2, 0.25) is 0 Å². The number of hydrogen-bond acceptors (Lipinski definition) is 5. The maximum atomic E-state index is 9.05. The van der Waals surface area contributed by atoms with Gasteiger partial charge in [-0.2, -0.15) is 0 Å². The van der Waals surface area contributed by atoms with Gasteiger partial charge in [-0.05, 0) is 44.2 Å². The van der Waals surface area contributed by atoms with Crippen molar-refractivity contribution in [1.82, 2.24) is 9.97 Å². The topological polar surface area (TPSA) is 61.3 Å². The zero-order chi connectivity index (χ0) is 15.1. The standard InChI is InChI=1S/C16H22N4O/c1-3-20(10-11-21)16-6-4-14(5-7-16)18-12-15-8-9-17-13(2)19-15/h4-9,18,21H,3,10-12H2,1-2H3. The minimum Gasteiger partial charge on any atom is -0.395 e. The van der Waals surface area contributed by atoms with Gasteiger partial charge in [-0.15, -0.1) is 0 Å². The van der Waals surface area contributed by atoms with E-state index in [1.165, 1.54) is 0 Å². The number of rotatable bonds is 7. The van der Waals surface area contributed by atoms with Gasteiger partial charge in [0.25, 0.3) is 0 Å². The highest BCUT2D eigenvalue weighted by Crippen LogP contribution is 2.18. The molecule has 5 heteroatoms. The lowest BCUT2D eigenvalue weighted by Crippen LogP contribution is -2.25. The average Bonchev–Trinajstić information content (AvgIpc) is 2.51.